The van der Waals surface area contributed by atoms with E-state index in [4.69, 9.17) is 5.11 Å². The Hall–Kier alpha value is -3.03. The smallest absolute Gasteiger partial charge is 0.345 e. The Morgan fingerprint density at radius 2 is 2.00 bits per heavy atom. The van der Waals surface area contributed by atoms with Crippen molar-refractivity contribution in [2.75, 3.05) is 13.1 Å². The van der Waals surface area contributed by atoms with Gasteiger partial charge in [0.25, 0.3) is 0 Å². The summed E-state index contributed by atoms with van der Waals surface area (Å²) in [6.45, 7) is 2.98. The van der Waals surface area contributed by atoms with E-state index in [1.807, 2.05) is 40.9 Å². The van der Waals surface area contributed by atoms with Crippen molar-refractivity contribution < 1.29 is 19.8 Å². The minimum Gasteiger partial charge on any atom is -0.477 e. The van der Waals surface area contributed by atoms with Gasteiger partial charge < -0.3 is 10.2 Å². The fourth-order valence-corrected chi connectivity index (χ4v) is 5.97. The summed E-state index contributed by atoms with van der Waals surface area (Å²) in [5.41, 5.74) is 4.15. The summed E-state index contributed by atoms with van der Waals surface area (Å²) in [7, 11) is 0. The van der Waals surface area contributed by atoms with E-state index in [1.165, 1.54) is 16.9 Å². The van der Waals surface area contributed by atoms with Crippen LogP contribution in [0.15, 0.2) is 58.8 Å². The van der Waals surface area contributed by atoms with Crippen molar-refractivity contribution in [3.8, 4) is 11.8 Å². The lowest BCUT2D eigenvalue weighted by Gasteiger charge is -2.36. The summed E-state index contributed by atoms with van der Waals surface area (Å²) < 4.78 is 0. The Bertz CT molecular complexity index is 1320. The molecule has 1 aromatic carbocycles. The van der Waals surface area contributed by atoms with Crippen LogP contribution >= 0.6 is 34.4 Å². The molecule has 2 aromatic heterocycles. The highest BCUT2D eigenvalue weighted by molar-refractivity contribution is 8.16. The summed E-state index contributed by atoms with van der Waals surface area (Å²) in [5, 5.41) is 29.1. The number of carbonyl (C=O) groups is 2. The average molecular weight is 539 g/mol. The first kappa shape index (κ1) is 26.0. The van der Waals surface area contributed by atoms with Gasteiger partial charge in [0.1, 0.15) is 4.88 Å². The fourth-order valence-electron chi connectivity index (χ4n) is 3.72. The van der Waals surface area contributed by atoms with Crippen LogP contribution in [0.4, 0.5) is 4.79 Å². The maximum atomic E-state index is 12.5. The molecule has 0 radical (unpaired) electrons. The molecule has 3 heterocycles. The SMILES string of the molecule is Cc1cscc1C#Cc1cccc(CC(O)CCN2C=CSC(=O)N2CCc2ccc(C(=O)O)s2)c1. The summed E-state index contributed by atoms with van der Waals surface area (Å²) >= 11 is 3.99. The zero-order valence-electron chi connectivity index (χ0n) is 19.7. The van der Waals surface area contributed by atoms with Crippen LogP contribution in [0.5, 0.6) is 0 Å². The van der Waals surface area contributed by atoms with Gasteiger partial charge in [-0.05, 0) is 77.7 Å². The van der Waals surface area contributed by atoms with E-state index in [1.54, 1.807) is 33.9 Å². The highest BCUT2D eigenvalue weighted by Crippen LogP contribution is 2.23. The highest BCUT2D eigenvalue weighted by Gasteiger charge is 2.23. The van der Waals surface area contributed by atoms with E-state index in [0.29, 0.717) is 37.2 Å². The number of amides is 1. The van der Waals surface area contributed by atoms with Crippen LogP contribution in [0.2, 0.25) is 0 Å². The first-order chi connectivity index (χ1) is 17.4. The van der Waals surface area contributed by atoms with Crippen LogP contribution in [0.3, 0.4) is 0 Å². The van der Waals surface area contributed by atoms with Crippen molar-refractivity contribution in [1.82, 2.24) is 10.0 Å². The van der Waals surface area contributed by atoms with Gasteiger partial charge in [-0.15, -0.1) is 11.3 Å². The van der Waals surface area contributed by atoms with Crippen molar-refractivity contribution in [2.24, 2.45) is 0 Å². The molecule has 9 heteroatoms. The molecular weight excluding hydrogens is 513 g/mol. The number of aryl methyl sites for hydroxylation is 1. The third-order valence-electron chi connectivity index (χ3n) is 5.65. The average Bonchev–Trinajstić information content (AvgIpc) is 3.50. The number of carboxylic acids is 1. The second-order valence-corrected chi connectivity index (χ2v) is 11.1. The Balaban J connectivity index is 1.31. The molecule has 186 valence electrons. The number of thiophene rings is 2. The van der Waals surface area contributed by atoms with Crippen molar-refractivity contribution >= 4 is 45.6 Å². The zero-order chi connectivity index (χ0) is 25.5. The van der Waals surface area contributed by atoms with Crippen LogP contribution in [-0.4, -0.2) is 50.6 Å². The van der Waals surface area contributed by atoms with Gasteiger partial charge in [-0.2, -0.15) is 11.3 Å². The van der Waals surface area contributed by atoms with Gasteiger partial charge in [0.2, 0.25) is 0 Å². The Morgan fingerprint density at radius 1 is 1.14 bits per heavy atom. The number of aliphatic hydroxyl groups is 1. The van der Waals surface area contributed by atoms with Gasteiger partial charge in [0, 0.05) is 47.1 Å². The fraction of sp³-hybridized carbons (Fsp3) is 0.259. The molecular formula is C27H26N2O4S3. The third-order valence-corrected chi connectivity index (χ3v) is 8.32. The molecule has 0 saturated heterocycles. The molecule has 4 rings (SSSR count). The molecule has 2 N–H and O–H groups in total. The lowest BCUT2D eigenvalue weighted by molar-refractivity contribution is 0.0548. The van der Waals surface area contributed by atoms with Gasteiger partial charge in [-0.1, -0.05) is 24.0 Å². The molecule has 1 aliphatic heterocycles. The Kier molecular flexibility index (Phi) is 8.88. The molecule has 0 bridgehead atoms. The predicted molar refractivity (Wildman–Crippen MR) is 146 cm³/mol. The summed E-state index contributed by atoms with van der Waals surface area (Å²) in [6.07, 6.45) is 2.84. The van der Waals surface area contributed by atoms with E-state index in [2.05, 4.69) is 24.1 Å². The number of aliphatic hydroxyl groups excluding tert-OH is 1. The number of nitrogens with zero attached hydrogens (tertiary/aromatic N) is 2. The molecule has 6 nitrogen and oxygen atoms in total. The molecule has 1 amide bonds. The van der Waals surface area contributed by atoms with Crippen molar-refractivity contribution in [1.29, 1.82) is 0 Å². The topological polar surface area (TPSA) is 81.1 Å². The molecule has 1 unspecified atom stereocenters. The second-order valence-electron chi connectivity index (χ2n) is 8.34. The number of hydrogen-bond acceptors (Lipinski definition) is 7. The number of aromatic carboxylic acids is 1. The maximum Gasteiger partial charge on any atom is 0.345 e. The number of hydrogen-bond donors (Lipinski definition) is 2. The van der Waals surface area contributed by atoms with Gasteiger partial charge in [-0.25, -0.2) is 9.80 Å². The molecule has 0 spiro atoms. The Morgan fingerprint density at radius 3 is 2.75 bits per heavy atom. The third kappa shape index (κ3) is 7.02. The van der Waals surface area contributed by atoms with Crippen LogP contribution in [-0.2, 0) is 12.8 Å². The first-order valence-electron chi connectivity index (χ1n) is 11.4. The van der Waals surface area contributed by atoms with E-state index in [0.717, 1.165) is 33.3 Å². The highest BCUT2D eigenvalue weighted by atomic mass is 32.2. The van der Waals surface area contributed by atoms with Crippen LogP contribution < -0.4 is 0 Å². The molecule has 0 aliphatic carbocycles. The normalized spacial score (nSPS) is 14.0. The number of carboxylic acid groups (broad SMARTS) is 1. The number of rotatable bonds is 9. The standard InChI is InChI=1S/C27H26N2O4S3/c1-19-17-34-18-22(19)6-5-20-3-2-4-21(15-20)16-23(30)9-11-28-13-14-35-27(33)29(28)12-10-24-7-8-25(36-24)26(31)32/h2-4,7-8,13-15,17-18,23,30H,9-12,16H2,1H3,(H,31,32). The van der Waals surface area contributed by atoms with Gasteiger partial charge in [0.05, 0.1) is 6.10 Å². The zero-order valence-corrected chi connectivity index (χ0v) is 22.2. The van der Waals surface area contributed by atoms with E-state index < -0.39 is 12.1 Å². The largest absolute Gasteiger partial charge is 0.477 e. The molecule has 0 fully saturated rings. The van der Waals surface area contributed by atoms with Gasteiger partial charge in [-0.3, -0.25) is 9.80 Å². The minimum atomic E-state index is -0.940. The van der Waals surface area contributed by atoms with E-state index in [-0.39, 0.29) is 5.24 Å². The minimum absolute atomic E-state index is 0.0888. The lowest BCUT2D eigenvalue weighted by atomic mass is 10.0. The van der Waals surface area contributed by atoms with E-state index in [9.17, 15) is 14.7 Å². The van der Waals surface area contributed by atoms with Crippen LogP contribution in [0, 0.1) is 18.8 Å². The first-order valence-corrected chi connectivity index (χ1v) is 14.1. The molecule has 1 atom stereocenters. The molecule has 36 heavy (non-hydrogen) atoms. The van der Waals surface area contributed by atoms with Crippen molar-refractivity contribution in [3.63, 3.8) is 0 Å². The number of benzene rings is 1. The summed E-state index contributed by atoms with van der Waals surface area (Å²) in [5.74, 6) is 5.48. The predicted octanol–water partition coefficient (Wildman–Crippen LogP) is 5.61. The van der Waals surface area contributed by atoms with Gasteiger partial charge in [0.15, 0.2) is 0 Å². The second kappa shape index (κ2) is 12.3. The van der Waals surface area contributed by atoms with Crippen LogP contribution in [0.1, 0.15) is 43.2 Å². The van der Waals surface area contributed by atoms with Gasteiger partial charge >= 0.3 is 11.2 Å². The molecule has 3 aromatic rings. The monoisotopic (exact) mass is 538 g/mol. The Labute approximate surface area is 222 Å². The van der Waals surface area contributed by atoms with Crippen molar-refractivity contribution in [3.05, 3.63) is 90.8 Å². The quantitative estimate of drug-likeness (QED) is 0.345. The summed E-state index contributed by atoms with van der Waals surface area (Å²) in [6, 6.07) is 11.3. The maximum absolute atomic E-state index is 12.5. The number of hydrazine groups is 1. The molecule has 0 saturated carbocycles. The number of carbonyl (C=O) groups excluding carboxylic acids is 1. The van der Waals surface area contributed by atoms with Crippen molar-refractivity contribution in [2.45, 2.75) is 32.3 Å². The number of thioether (sulfide) groups is 1. The van der Waals surface area contributed by atoms with Crippen LogP contribution in [0.25, 0.3) is 0 Å². The lowest BCUT2D eigenvalue weighted by Crippen LogP contribution is -2.45. The summed E-state index contributed by atoms with van der Waals surface area (Å²) in [4.78, 5) is 24.8. The molecule has 1 aliphatic rings. The van der Waals surface area contributed by atoms with E-state index >= 15 is 0 Å².